The Morgan fingerprint density at radius 3 is 2.19 bits per heavy atom. The lowest BCUT2D eigenvalue weighted by atomic mass is 9.98. The molecule has 0 radical (unpaired) electrons. The molecule has 0 bridgehead atoms. The maximum absolute atomic E-state index is 13.3. The second-order valence-electron chi connectivity index (χ2n) is 9.81. The fourth-order valence-corrected chi connectivity index (χ4v) is 4.03. The van der Waals surface area contributed by atoms with Crippen LogP contribution >= 0.6 is 0 Å². The van der Waals surface area contributed by atoms with Gasteiger partial charge in [0.15, 0.2) is 0 Å². The van der Waals surface area contributed by atoms with Crippen LogP contribution in [-0.2, 0) is 25.6 Å². The predicted octanol–water partition coefficient (Wildman–Crippen LogP) is 0.661. The molecule has 11 heteroatoms. The normalized spacial score (nSPS) is 15.4. The van der Waals surface area contributed by atoms with Gasteiger partial charge in [0, 0.05) is 23.5 Å². The molecule has 2 aromatic rings. The number of hydrogen-bond acceptors (Lipinski definition) is 6. The number of aliphatic hydroxyl groups excluding tert-OH is 1. The number of nitrogens with one attached hydrogen (secondary N) is 4. The molecule has 1 aromatic carbocycles. The first-order valence-electron chi connectivity index (χ1n) is 12.5. The van der Waals surface area contributed by atoms with E-state index in [0.29, 0.717) is 12.8 Å². The fraction of sp³-hybridized carbons (Fsp3) is 0.538. The van der Waals surface area contributed by atoms with E-state index in [1.807, 2.05) is 45.0 Å². The van der Waals surface area contributed by atoms with Crippen molar-refractivity contribution in [1.82, 2.24) is 20.9 Å². The fourth-order valence-electron chi connectivity index (χ4n) is 4.03. The molecule has 0 spiro atoms. The van der Waals surface area contributed by atoms with Crippen molar-refractivity contribution in [3.8, 4) is 0 Å². The van der Waals surface area contributed by atoms with Crippen LogP contribution in [-0.4, -0.2) is 69.7 Å². The largest absolute Gasteiger partial charge is 0.480 e. The molecule has 0 fully saturated rings. The Kier molecular flexibility index (Phi) is 11.1. The molecule has 1 aromatic heterocycles. The van der Waals surface area contributed by atoms with Crippen molar-refractivity contribution in [1.29, 1.82) is 0 Å². The number of aliphatic carboxylic acids is 1. The molecule has 0 aliphatic rings. The summed E-state index contributed by atoms with van der Waals surface area (Å²) in [6, 6.07) is 2.91. The second kappa shape index (κ2) is 13.8. The number of para-hydroxylation sites is 1. The van der Waals surface area contributed by atoms with Gasteiger partial charge in [0.05, 0.1) is 12.6 Å². The summed E-state index contributed by atoms with van der Waals surface area (Å²) in [7, 11) is 0. The maximum atomic E-state index is 13.3. The highest BCUT2D eigenvalue weighted by molar-refractivity contribution is 5.95. The van der Waals surface area contributed by atoms with E-state index in [1.54, 1.807) is 13.1 Å². The van der Waals surface area contributed by atoms with E-state index in [2.05, 4.69) is 20.9 Å². The molecule has 5 unspecified atom stereocenters. The van der Waals surface area contributed by atoms with E-state index >= 15 is 0 Å². The number of carbonyl (C=O) groups excluding carboxylic acids is 3. The molecular weight excluding hydrogens is 478 g/mol. The highest BCUT2D eigenvalue weighted by atomic mass is 16.4. The highest BCUT2D eigenvalue weighted by Gasteiger charge is 2.32. The van der Waals surface area contributed by atoms with Crippen LogP contribution in [0.3, 0.4) is 0 Å². The molecule has 1 heterocycles. The molecule has 5 atom stereocenters. The van der Waals surface area contributed by atoms with E-state index in [0.717, 1.165) is 16.5 Å². The molecule has 204 valence electrons. The Hall–Kier alpha value is -3.44. The molecule has 0 aliphatic carbocycles. The third kappa shape index (κ3) is 8.29. The first kappa shape index (κ1) is 29.8. The summed E-state index contributed by atoms with van der Waals surface area (Å²) in [6.07, 6.45) is 2.68. The smallest absolute Gasteiger partial charge is 0.326 e. The Bertz CT molecular complexity index is 1080. The third-order valence-corrected chi connectivity index (χ3v) is 6.39. The number of carbonyl (C=O) groups is 4. The van der Waals surface area contributed by atoms with Crippen molar-refractivity contribution in [2.45, 2.75) is 71.1 Å². The van der Waals surface area contributed by atoms with Gasteiger partial charge >= 0.3 is 5.97 Å². The van der Waals surface area contributed by atoms with Crippen LogP contribution in [0, 0.1) is 11.8 Å². The summed E-state index contributed by atoms with van der Waals surface area (Å²) in [5.41, 5.74) is 7.46. The van der Waals surface area contributed by atoms with Gasteiger partial charge in [-0.25, -0.2) is 4.79 Å². The Morgan fingerprint density at radius 1 is 0.973 bits per heavy atom. The van der Waals surface area contributed by atoms with Crippen LogP contribution in [0.5, 0.6) is 0 Å². The zero-order valence-electron chi connectivity index (χ0n) is 21.8. The quantitative estimate of drug-likeness (QED) is 0.192. The van der Waals surface area contributed by atoms with Crippen molar-refractivity contribution >= 4 is 34.6 Å². The number of H-pyrrole nitrogens is 1. The van der Waals surface area contributed by atoms with E-state index in [4.69, 9.17) is 5.73 Å². The van der Waals surface area contributed by atoms with Crippen molar-refractivity contribution in [3.63, 3.8) is 0 Å². The van der Waals surface area contributed by atoms with Crippen molar-refractivity contribution in [2.75, 3.05) is 6.61 Å². The van der Waals surface area contributed by atoms with Gasteiger partial charge < -0.3 is 36.9 Å². The number of benzene rings is 1. The SMILES string of the molecule is CCC(C)C(NC(=O)C(Cc1c[nH]c2ccccc12)NC(=O)C(CO)NC(=O)C(N)CC(C)C)C(=O)O. The number of aromatic amines is 1. The van der Waals surface area contributed by atoms with Gasteiger partial charge in [-0.05, 0) is 29.9 Å². The van der Waals surface area contributed by atoms with E-state index in [9.17, 15) is 29.4 Å². The number of rotatable bonds is 14. The Labute approximate surface area is 216 Å². The van der Waals surface area contributed by atoms with Crippen molar-refractivity contribution in [3.05, 3.63) is 36.0 Å². The molecular formula is C26H39N5O6. The van der Waals surface area contributed by atoms with Gasteiger partial charge in [0.1, 0.15) is 18.1 Å². The Balaban J connectivity index is 2.27. The summed E-state index contributed by atoms with van der Waals surface area (Å²) in [5, 5.41) is 27.8. The van der Waals surface area contributed by atoms with Crippen LogP contribution in [0.25, 0.3) is 10.9 Å². The van der Waals surface area contributed by atoms with Gasteiger partial charge in [0.2, 0.25) is 17.7 Å². The number of carboxylic acid groups (broad SMARTS) is 1. The van der Waals surface area contributed by atoms with Crippen LogP contribution < -0.4 is 21.7 Å². The van der Waals surface area contributed by atoms with Crippen LogP contribution in [0.15, 0.2) is 30.5 Å². The minimum atomic E-state index is -1.34. The second-order valence-corrected chi connectivity index (χ2v) is 9.81. The zero-order chi connectivity index (χ0) is 27.7. The van der Waals surface area contributed by atoms with Crippen molar-refractivity contribution < 1.29 is 29.4 Å². The molecule has 2 rings (SSSR count). The number of nitrogens with two attached hydrogens (primary N) is 1. The summed E-state index contributed by atoms with van der Waals surface area (Å²) in [5.74, 6) is -3.45. The standard InChI is InChI=1S/C26H39N5O6/c1-5-15(4)22(26(36)37)31-24(34)20(11-16-12-28-19-9-7-6-8-17(16)19)29-25(35)21(13-32)30-23(33)18(27)10-14(2)3/h6-9,12,14-15,18,20-22,28,32H,5,10-11,13,27H2,1-4H3,(H,29,35)(H,30,33)(H,31,34)(H,36,37). The third-order valence-electron chi connectivity index (χ3n) is 6.39. The number of aromatic nitrogens is 1. The maximum Gasteiger partial charge on any atom is 0.326 e. The molecule has 8 N–H and O–H groups in total. The van der Waals surface area contributed by atoms with Crippen LogP contribution in [0.1, 0.15) is 46.1 Å². The number of hydrogen-bond donors (Lipinski definition) is 7. The molecule has 0 saturated carbocycles. The van der Waals surface area contributed by atoms with Gasteiger partial charge in [-0.3, -0.25) is 14.4 Å². The average Bonchev–Trinajstić information content (AvgIpc) is 3.26. The zero-order valence-corrected chi connectivity index (χ0v) is 21.8. The van der Waals surface area contributed by atoms with E-state index in [1.165, 1.54) is 0 Å². The minimum absolute atomic E-state index is 0.0490. The number of fused-ring (bicyclic) bond motifs is 1. The van der Waals surface area contributed by atoms with E-state index < -0.39 is 54.5 Å². The lowest BCUT2D eigenvalue weighted by Gasteiger charge is -2.26. The van der Waals surface area contributed by atoms with Gasteiger partial charge in [-0.15, -0.1) is 0 Å². The number of carboxylic acids is 1. The first-order chi connectivity index (χ1) is 17.5. The molecule has 0 saturated heterocycles. The Morgan fingerprint density at radius 2 is 1.59 bits per heavy atom. The summed E-state index contributed by atoms with van der Waals surface area (Å²) in [6.45, 7) is 6.63. The molecule has 3 amide bonds. The number of aliphatic hydroxyl groups is 1. The monoisotopic (exact) mass is 517 g/mol. The average molecular weight is 518 g/mol. The van der Waals surface area contributed by atoms with Crippen molar-refractivity contribution in [2.24, 2.45) is 17.6 Å². The molecule has 37 heavy (non-hydrogen) atoms. The van der Waals surface area contributed by atoms with E-state index in [-0.39, 0.29) is 18.3 Å². The molecule has 0 aliphatic heterocycles. The topological polar surface area (TPSA) is 187 Å². The van der Waals surface area contributed by atoms with Gasteiger partial charge in [-0.2, -0.15) is 0 Å². The summed E-state index contributed by atoms with van der Waals surface area (Å²) >= 11 is 0. The minimum Gasteiger partial charge on any atom is -0.480 e. The van der Waals surface area contributed by atoms with Crippen LogP contribution in [0.4, 0.5) is 0 Å². The lowest BCUT2D eigenvalue weighted by molar-refractivity contribution is -0.143. The number of amides is 3. The summed E-state index contributed by atoms with van der Waals surface area (Å²) in [4.78, 5) is 53.6. The first-order valence-corrected chi connectivity index (χ1v) is 12.5. The van der Waals surface area contributed by atoms with Crippen LogP contribution in [0.2, 0.25) is 0 Å². The van der Waals surface area contributed by atoms with Gasteiger partial charge in [-0.1, -0.05) is 52.3 Å². The predicted molar refractivity (Wildman–Crippen MR) is 139 cm³/mol. The lowest BCUT2D eigenvalue weighted by Crippen LogP contribution is -2.59. The summed E-state index contributed by atoms with van der Waals surface area (Å²) < 4.78 is 0. The molecule has 11 nitrogen and oxygen atoms in total. The van der Waals surface area contributed by atoms with Gasteiger partial charge in [0.25, 0.3) is 0 Å². The highest BCUT2D eigenvalue weighted by Crippen LogP contribution is 2.19.